The predicted octanol–water partition coefficient (Wildman–Crippen LogP) is 2.73. The Bertz CT molecular complexity index is 589. The Hall–Kier alpha value is -1.88. The Balaban J connectivity index is 1.54. The van der Waals surface area contributed by atoms with E-state index in [9.17, 15) is 9.59 Å². The van der Waals surface area contributed by atoms with Crippen molar-refractivity contribution < 1.29 is 9.59 Å². The highest BCUT2D eigenvalue weighted by atomic mass is 16.2. The van der Waals surface area contributed by atoms with Gasteiger partial charge in [-0.15, -0.1) is 0 Å². The first-order chi connectivity index (χ1) is 11.5. The molecule has 0 bridgehead atoms. The summed E-state index contributed by atoms with van der Waals surface area (Å²) in [5.41, 5.74) is 1.70. The maximum atomic E-state index is 12.3. The van der Waals surface area contributed by atoms with Gasteiger partial charge in [-0.3, -0.25) is 14.5 Å². The van der Waals surface area contributed by atoms with E-state index in [0.29, 0.717) is 24.8 Å². The molecule has 1 aromatic carbocycles. The van der Waals surface area contributed by atoms with Crippen LogP contribution in [0.4, 0.5) is 11.4 Å². The molecule has 5 heteroatoms. The molecule has 2 aliphatic rings. The average Bonchev–Trinajstić information content (AvgIpc) is 2.93. The number of carbonyl (C=O) groups excluding carboxylic acids is 2. The van der Waals surface area contributed by atoms with Crippen LogP contribution in [0.15, 0.2) is 24.3 Å². The zero-order valence-electron chi connectivity index (χ0n) is 14.6. The van der Waals surface area contributed by atoms with Crippen molar-refractivity contribution in [3.8, 4) is 0 Å². The van der Waals surface area contributed by atoms with E-state index in [0.717, 1.165) is 37.4 Å². The van der Waals surface area contributed by atoms with E-state index in [2.05, 4.69) is 24.1 Å². The van der Waals surface area contributed by atoms with Crippen molar-refractivity contribution >= 4 is 23.2 Å². The molecule has 2 amide bonds. The molecule has 0 saturated carbocycles. The number of anilines is 2. The van der Waals surface area contributed by atoms with Crippen LogP contribution < -0.4 is 10.2 Å². The molecule has 2 heterocycles. The van der Waals surface area contributed by atoms with E-state index in [1.165, 1.54) is 6.42 Å². The van der Waals surface area contributed by atoms with Crippen molar-refractivity contribution in [2.45, 2.75) is 33.1 Å². The summed E-state index contributed by atoms with van der Waals surface area (Å²) in [6.07, 6.45) is 2.80. The van der Waals surface area contributed by atoms with Crippen LogP contribution in [0.1, 0.15) is 33.1 Å². The van der Waals surface area contributed by atoms with Gasteiger partial charge in [0.2, 0.25) is 11.8 Å². The maximum absolute atomic E-state index is 12.3. The summed E-state index contributed by atoms with van der Waals surface area (Å²) < 4.78 is 0. The molecule has 0 spiro atoms. The molecule has 130 valence electrons. The number of nitrogens with one attached hydrogen (secondary N) is 1. The lowest BCUT2D eigenvalue weighted by Gasteiger charge is -2.34. The van der Waals surface area contributed by atoms with Crippen molar-refractivity contribution in [1.29, 1.82) is 0 Å². The second-order valence-corrected chi connectivity index (χ2v) is 7.38. The smallest absolute Gasteiger partial charge is 0.238 e. The number of benzene rings is 1. The summed E-state index contributed by atoms with van der Waals surface area (Å²) in [5.74, 6) is 1.51. The summed E-state index contributed by atoms with van der Waals surface area (Å²) in [4.78, 5) is 28.1. The van der Waals surface area contributed by atoms with E-state index in [1.807, 2.05) is 29.2 Å². The van der Waals surface area contributed by atoms with Crippen LogP contribution in [-0.2, 0) is 9.59 Å². The van der Waals surface area contributed by atoms with E-state index in [4.69, 9.17) is 0 Å². The normalized spacial score (nSPS) is 25.1. The summed E-state index contributed by atoms with van der Waals surface area (Å²) in [7, 11) is 0. The molecule has 2 aliphatic heterocycles. The maximum Gasteiger partial charge on any atom is 0.238 e. The van der Waals surface area contributed by atoms with E-state index >= 15 is 0 Å². The van der Waals surface area contributed by atoms with Crippen LogP contribution in [0.25, 0.3) is 0 Å². The first-order valence-electron chi connectivity index (χ1n) is 8.94. The molecular formula is C19H27N3O2. The molecule has 2 fully saturated rings. The quantitative estimate of drug-likeness (QED) is 0.924. The van der Waals surface area contributed by atoms with Gasteiger partial charge in [-0.2, -0.15) is 0 Å². The highest BCUT2D eigenvalue weighted by Crippen LogP contribution is 2.23. The summed E-state index contributed by atoms with van der Waals surface area (Å²) >= 11 is 0. The number of carbonyl (C=O) groups is 2. The molecule has 2 unspecified atom stereocenters. The molecule has 2 saturated heterocycles. The first kappa shape index (κ1) is 17.0. The molecule has 1 N–H and O–H groups in total. The second-order valence-electron chi connectivity index (χ2n) is 7.38. The standard InChI is InChI=1S/C19H27N3O2/c1-14-10-15(2)12-21(11-14)13-18(23)20-16-5-7-17(8-6-16)22-9-3-4-19(22)24/h5-8,14-15H,3-4,9-13H2,1-2H3,(H,20,23). The van der Waals surface area contributed by atoms with Crippen LogP contribution in [-0.4, -0.2) is 42.9 Å². The molecule has 24 heavy (non-hydrogen) atoms. The second kappa shape index (κ2) is 7.34. The van der Waals surface area contributed by atoms with Crippen molar-refractivity contribution in [2.75, 3.05) is 36.4 Å². The van der Waals surface area contributed by atoms with Crippen molar-refractivity contribution in [3.63, 3.8) is 0 Å². The van der Waals surface area contributed by atoms with Crippen molar-refractivity contribution in [1.82, 2.24) is 4.90 Å². The van der Waals surface area contributed by atoms with Gasteiger partial charge in [-0.05, 0) is 48.9 Å². The summed E-state index contributed by atoms with van der Waals surface area (Å²) in [6.45, 7) is 7.72. The van der Waals surface area contributed by atoms with Crippen molar-refractivity contribution in [3.05, 3.63) is 24.3 Å². The van der Waals surface area contributed by atoms with Gasteiger partial charge in [0.25, 0.3) is 0 Å². The van der Waals surface area contributed by atoms with Gasteiger partial charge in [0.05, 0.1) is 6.54 Å². The Labute approximate surface area is 144 Å². The van der Waals surface area contributed by atoms with Gasteiger partial charge in [-0.25, -0.2) is 0 Å². The minimum Gasteiger partial charge on any atom is -0.325 e. The molecule has 0 radical (unpaired) electrons. The zero-order chi connectivity index (χ0) is 17.1. The van der Waals surface area contributed by atoms with Gasteiger partial charge >= 0.3 is 0 Å². The van der Waals surface area contributed by atoms with Gasteiger partial charge < -0.3 is 10.2 Å². The first-order valence-corrected chi connectivity index (χ1v) is 8.94. The van der Waals surface area contributed by atoms with Crippen LogP contribution in [0, 0.1) is 11.8 Å². The van der Waals surface area contributed by atoms with Crippen LogP contribution >= 0.6 is 0 Å². The number of piperidine rings is 1. The molecule has 3 rings (SSSR count). The molecular weight excluding hydrogens is 302 g/mol. The lowest BCUT2D eigenvalue weighted by Crippen LogP contribution is -2.42. The average molecular weight is 329 g/mol. The van der Waals surface area contributed by atoms with Gasteiger partial charge in [0, 0.05) is 37.4 Å². The van der Waals surface area contributed by atoms with E-state index in [1.54, 1.807) is 0 Å². The number of nitrogens with zero attached hydrogens (tertiary/aromatic N) is 2. The monoisotopic (exact) mass is 329 g/mol. The highest BCUT2D eigenvalue weighted by molar-refractivity contribution is 5.96. The Morgan fingerprint density at radius 2 is 1.83 bits per heavy atom. The van der Waals surface area contributed by atoms with E-state index in [-0.39, 0.29) is 11.8 Å². The number of hydrogen-bond acceptors (Lipinski definition) is 3. The zero-order valence-corrected chi connectivity index (χ0v) is 14.6. The topological polar surface area (TPSA) is 52.7 Å². The number of likely N-dealkylation sites (tertiary alicyclic amines) is 1. The fourth-order valence-corrected chi connectivity index (χ4v) is 3.97. The third-order valence-electron chi connectivity index (χ3n) is 4.85. The van der Waals surface area contributed by atoms with Crippen molar-refractivity contribution in [2.24, 2.45) is 11.8 Å². The number of hydrogen-bond donors (Lipinski definition) is 1. The SMILES string of the molecule is CC1CC(C)CN(CC(=O)Nc2ccc(N3CCCC3=O)cc2)C1. The summed E-state index contributed by atoms with van der Waals surface area (Å²) in [6, 6.07) is 7.56. The fourth-order valence-electron chi connectivity index (χ4n) is 3.97. The van der Waals surface area contributed by atoms with Gasteiger partial charge in [0.1, 0.15) is 0 Å². The Kier molecular flexibility index (Phi) is 5.19. The van der Waals surface area contributed by atoms with Crippen LogP contribution in [0.3, 0.4) is 0 Å². The largest absolute Gasteiger partial charge is 0.325 e. The molecule has 2 atom stereocenters. The third kappa shape index (κ3) is 4.15. The fraction of sp³-hybridized carbons (Fsp3) is 0.579. The van der Waals surface area contributed by atoms with Gasteiger partial charge in [-0.1, -0.05) is 13.8 Å². The molecule has 5 nitrogen and oxygen atoms in total. The lowest BCUT2D eigenvalue weighted by atomic mass is 9.92. The lowest BCUT2D eigenvalue weighted by molar-refractivity contribution is -0.118. The van der Waals surface area contributed by atoms with Crippen LogP contribution in [0.2, 0.25) is 0 Å². The Morgan fingerprint density at radius 1 is 1.17 bits per heavy atom. The molecule has 0 aromatic heterocycles. The van der Waals surface area contributed by atoms with E-state index < -0.39 is 0 Å². The number of amides is 2. The van der Waals surface area contributed by atoms with Gasteiger partial charge in [0.15, 0.2) is 0 Å². The minimum absolute atomic E-state index is 0.0290. The Morgan fingerprint density at radius 3 is 2.42 bits per heavy atom. The minimum atomic E-state index is 0.0290. The van der Waals surface area contributed by atoms with Crippen LogP contribution in [0.5, 0.6) is 0 Å². The predicted molar refractivity (Wildman–Crippen MR) is 96.0 cm³/mol. The molecule has 0 aliphatic carbocycles. The summed E-state index contributed by atoms with van der Waals surface area (Å²) in [5, 5.41) is 2.96. The molecule has 1 aromatic rings. The third-order valence-corrected chi connectivity index (χ3v) is 4.85. The number of rotatable bonds is 4. The highest BCUT2D eigenvalue weighted by Gasteiger charge is 2.24.